The summed E-state index contributed by atoms with van der Waals surface area (Å²) < 4.78 is 13.9. The minimum Gasteiger partial charge on any atom is -0.484 e. The second kappa shape index (κ2) is 9.19. The van der Waals surface area contributed by atoms with E-state index in [2.05, 4.69) is 26.3 Å². The first kappa shape index (κ1) is 20.3. The Hall–Kier alpha value is -3.03. The SMILES string of the molecule is O=C(Nc1ccn(Cc2cccc(Cl)c2)n1)c1ccc(COc2ccccc2Br)o1. The van der Waals surface area contributed by atoms with Crippen molar-refractivity contribution in [1.29, 1.82) is 0 Å². The molecule has 1 N–H and O–H groups in total. The van der Waals surface area contributed by atoms with Crippen molar-refractivity contribution in [3.63, 3.8) is 0 Å². The summed E-state index contributed by atoms with van der Waals surface area (Å²) in [4.78, 5) is 12.4. The molecule has 4 aromatic rings. The quantitative estimate of drug-likeness (QED) is 0.360. The summed E-state index contributed by atoms with van der Waals surface area (Å²) in [6.07, 6.45) is 1.79. The number of hydrogen-bond donors (Lipinski definition) is 1. The van der Waals surface area contributed by atoms with Gasteiger partial charge in [-0.15, -0.1) is 0 Å². The van der Waals surface area contributed by atoms with Crippen LogP contribution < -0.4 is 10.1 Å². The first-order valence-electron chi connectivity index (χ1n) is 9.12. The number of halogens is 2. The molecule has 4 rings (SSSR count). The second-order valence-corrected chi connectivity index (χ2v) is 7.76. The van der Waals surface area contributed by atoms with Gasteiger partial charge in [0.1, 0.15) is 18.1 Å². The van der Waals surface area contributed by atoms with Crippen LogP contribution in [0.2, 0.25) is 5.02 Å². The molecule has 0 bridgehead atoms. The maximum Gasteiger partial charge on any atom is 0.292 e. The minimum atomic E-state index is -0.379. The normalized spacial score (nSPS) is 10.7. The monoisotopic (exact) mass is 485 g/mol. The number of ether oxygens (including phenoxy) is 1. The Morgan fingerprint density at radius 2 is 2.00 bits per heavy atom. The van der Waals surface area contributed by atoms with E-state index in [4.69, 9.17) is 20.8 Å². The van der Waals surface area contributed by atoms with E-state index in [9.17, 15) is 4.79 Å². The van der Waals surface area contributed by atoms with E-state index in [1.54, 1.807) is 29.1 Å². The largest absolute Gasteiger partial charge is 0.484 e. The van der Waals surface area contributed by atoms with E-state index in [0.717, 1.165) is 10.0 Å². The number of para-hydroxylation sites is 1. The van der Waals surface area contributed by atoms with Gasteiger partial charge in [0.25, 0.3) is 5.91 Å². The molecule has 0 fully saturated rings. The molecular weight excluding hydrogens is 470 g/mol. The molecule has 8 heteroatoms. The average molecular weight is 487 g/mol. The lowest BCUT2D eigenvalue weighted by Gasteiger charge is -2.05. The van der Waals surface area contributed by atoms with Crippen LogP contribution in [0, 0.1) is 0 Å². The highest BCUT2D eigenvalue weighted by molar-refractivity contribution is 9.10. The highest BCUT2D eigenvalue weighted by atomic mass is 79.9. The highest BCUT2D eigenvalue weighted by Gasteiger charge is 2.13. The fraction of sp³-hybridized carbons (Fsp3) is 0.0909. The van der Waals surface area contributed by atoms with Gasteiger partial charge in [-0.2, -0.15) is 5.10 Å². The predicted molar refractivity (Wildman–Crippen MR) is 118 cm³/mol. The van der Waals surface area contributed by atoms with Crippen LogP contribution in [0.1, 0.15) is 21.9 Å². The number of benzene rings is 2. The van der Waals surface area contributed by atoms with Gasteiger partial charge in [-0.1, -0.05) is 35.9 Å². The molecule has 0 aliphatic heterocycles. The van der Waals surface area contributed by atoms with Crippen LogP contribution in [0.5, 0.6) is 5.75 Å². The van der Waals surface area contributed by atoms with Crippen molar-refractivity contribution in [2.24, 2.45) is 0 Å². The van der Waals surface area contributed by atoms with Crippen molar-refractivity contribution in [1.82, 2.24) is 9.78 Å². The fourth-order valence-electron chi connectivity index (χ4n) is 2.80. The lowest BCUT2D eigenvalue weighted by Crippen LogP contribution is -2.12. The molecule has 2 heterocycles. The molecule has 6 nitrogen and oxygen atoms in total. The van der Waals surface area contributed by atoms with Gasteiger partial charge in [-0.05, 0) is 57.9 Å². The van der Waals surface area contributed by atoms with Gasteiger partial charge in [0.15, 0.2) is 11.6 Å². The molecule has 0 unspecified atom stereocenters. The van der Waals surface area contributed by atoms with Crippen LogP contribution in [0.15, 0.2) is 81.8 Å². The third-order valence-corrected chi connectivity index (χ3v) is 5.10. The van der Waals surface area contributed by atoms with Crippen LogP contribution in [-0.4, -0.2) is 15.7 Å². The van der Waals surface area contributed by atoms with Crippen LogP contribution in [0.4, 0.5) is 5.82 Å². The molecule has 0 atom stereocenters. The zero-order chi connectivity index (χ0) is 20.9. The Bertz CT molecular complexity index is 1170. The Balaban J connectivity index is 1.34. The number of carbonyl (C=O) groups excluding carboxylic acids is 1. The van der Waals surface area contributed by atoms with Crippen molar-refractivity contribution >= 4 is 39.3 Å². The van der Waals surface area contributed by atoms with Gasteiger partial charge < -0.3 is 14.5 Å². The number of nitrogens with zero attached hydrogens (tertiary/aromatic N) is 2. The van der Waals surface area contributed by atoms with Crippen LogP contribution >= 0.6 is 27.5 Å². The van der Waals surface area contributed by atoms with Gasteiger partial charge in [0, 0.05) is 17.3 Å². The van der Waals surface area contributed by atoms with Crippen LogP contribution in [-0.2, 0) is 13.2 Å². The van der Waals surface area contributed by atoms with E-state index >= 15 is 0 Å². The number of amides is 1. The number of aromatic nitrogens is 2. The van der Waals surface area contributed by atoms with E-state index in [-0.39, 0.29) is 18.3 Å². The Morgan fingerprint density at radius 1 is 1.13 bits per heavy atom. The number of rotatable bonds is 7. The topological polar surface area (TPSA) is 69.3 Å². The van der Waals surface area contributed by atoms with Gasteiger partial charge in [0.2, 0.25) is 0 Å². The van der Waals surface area contributed by atoms with Gasteiger partial charge in [0.05, 0.1) is 11.0 Å². The van der Waals surface area contributed by atoms with Crippen LogP contribution in [0.3, 0.4) is 0 Å². The van der Waals surface area contributed by atoms with E-state index in [1.165, 1.54) is 0 Å². The fourth-order valence-corrected chi connectivity index (χ4v) is 3.42. The number of anilines is 1. The smallest absolute Gasteiger partial charge is 0.292 e. The molecule has 1 amide bonds. The summed E-state index contributed by atoms with van der Waals surface area (Å²) in [5.41, 5.74) is 1.02. The molecule has 30 heavy (non-hydrogen) atoms. The summed E-state index contributed by atoms with van der Waals surface area (Å²) >= 11 is 9.44. The second-order valence-electron chi connectivity index (χ2n) is 6.47. The van der Waals surface area contributed by atoms with E-state index in [1.807, 2.05) is 48.5 Å². The Labute approximate surface area is 186 Å². The van der Waals surface area contributed by atoms with Crippen molar-refractivity contribution in [2.75, 3.05) is 5.32 Å². The predicted octanol–water partition coefficient (Wildman–Crippen LogP) is 5.77. The number of nitrogens with one attached hydrogen (secondary N) is 1. The van der Waals surface area contributed by atoms with Gasteiger partial charge in [-0.25, -0.2) is 0 Å². The maximum atomic E-state index is 12.4. The highest BCUT2D eigenvalue weighted by Crippen LogP contribution is 2.25. The molecule has 0 radical (unpaired) electrons. The van der Waals surface area contributed by atoms with Crippen molar-refractivity contribution in [3.05, 3.63) is 99.5 Å². The number of carbonyl (C=O) groups is 1. The zero-order valence-corrected chi connectivity index (χ0v) is 18.1. The zero-order valence-electron chi connectivity index (χ0n) is 15.7. The number of hydrogen-bond acceptors (Lipinski definition) is 4. The molecule has 0 saturated carbocycles. The third-order valence-electron chi connectivity index (χ3n) is 4.21. The summed E-state index contributed by atoms with van der Waals surface area (Å²) in [5.74, 6) is 1.48. The van der Waals surface area contributed by atoms with Crippen molar-refractivity contribution < 1.29 is 13.9 Å². The van der Waals surface area contributed by atoms with E-state index < -0.39 is 0 Å². The summed E-state index contributed by atoms with van der Waals surface area (Å²) in [7, 11) is 0. The summed E-state index contributed by atoms with van der Waals surface area (Å²) in [6.45, 7) is 0.762. The average Bonchev–Trinajstić information content (AvgIpc) is 3.37. The summed E-state index contributed by atoms with van der Waals surface area (Å²) in [6, 6.07) is 20.1. The standard InChI is InChI=1S/C22H17BrClN3O3/c23-18-6-1-2-7-19(18)29-14-17-8-9-20(30-17)22(28)25-21-10-11-27(26-21)13-15-4-3-5-16(24)12-15/h1-12H,13-14H2,(H,25,26,28). The molecule has 0 aliphatic rings. The minimum absolute atomic E-state index is 0.185. The van der Waals surface area contributed by atoms with Crippen molar-refractivity contribution in [3.8, 4) is 5.75 Å². The molecular formula is C22H17BrClN3O3. The number of furan rings is 1. The van der Waals surface area contributed by atoms with Crippen molar-refractivity contribution in [2.45, 2.75) is 13.2 Å². The molecule has 0 aliphatic carbocycles. The molecule has 0 spiro atoms. The first-order chi connectivity index (χ1) is 14.6. The first-order valence-corrected chi connectivity index (χ1v) is 10.3. The lowest BCUT2D eigenvalue weighted by atomic mass is 10.2. The molecule has 2 aromatic carbocycles. The van der Waals surface area contributed by atoms with Crippen LogP contribution in [0.25, 0.3) is 0 Å². The Morgan fingerprint density at radius 3 is 2.83 bits per heavy atom. The molecule has 2 aromatic heterocycles. The molecule has 152 valence electrons. The van der Waals surface area contributed by atoms with E-state index in [0.29, 0.717) is 28.9 Å². The maximum absolute atomic E-state index is 12.4. The Kier molecular flexibility index (Phi) is 6.21. The van der Waals surface area contributed by atoms with Gasteiger partial charge in [-0.3, -0.25) is 9.48 Å². The summed E-state index contributed by atoms with van der Waals surface area (Å²) in [5, 5.41) is 7.77. The lowest BCUT2D eigenvalue weighted by molar-refractivity contribution is 0.0992. The van der Waals surface area contributed by atoms with Gasteiger partial charge >= 0.3 is 0 Å². The molecule has 0 saturated heterocycles. The third kappa shape index (κ3) is 5.11.